The molecule has 1 saturated heterocycles. The van der Waals surface area contributed by atoms with Crippen LogP contribution in [-0.2, 0) is 9.53 Å². The molecule has 0 aromatic heterocycles. The summed E-state index contributed by atoms with van der Waals surface area (Å²) >= 11 is 0. The summed E-state index contributed by atoms with van der Waals surface area (Å²) in [5.41, 5.74) is -1.12. The Morgan fingerprint density at radius 2 is 1.86 bits per heavy atom. The number of nitrogens with one attached hydrogen (secondary N) is 2. The van der Waals surface area contributed by atoms with E-state index in [4.69, 9.17) is 4.74 Å². The minimum absolute atomic E-state index is 0.0936. The van der Waals surface area contributed by atoms with Crippen molar-refractivity contribution in [2.75, 3.05) is 6.54 Å². The molecule has 2 fully saturated rings. The van der Waals surface area contributed by atoms with Crippen molar-refractivity contribution in [2.45, 2.75) is 89.0 Å². The van der Waals surface area contributed by atoms with E-state index in [1.807, 2.05) is 0 Å². The van der Waals surface area contributed by atoms with Gasteiger partial charge in [-0.1, -0.05) is 19.3 Å². The molecule has 1 atom stereocenters. The summed E-state index contributed by atoms with van der Waals surface area (Å²) in [6, 6.07) is 2.46. The fourth-order valence-electron chi connectivity index (χ4n) is 3.83. The Labute approximate surface area is 133 Å². The Morgan fingerprint density at radius 3 is 2.36 bits per heavy atom. The Bertz CT molecular complexity index is 459. The van der Waals surface area contributed by atoms with Gasteiger partial charge in [0.1, 0.15) is 5.54 Å². The topological polar surface area (TPSA) is 74.2 Å². The Morgan fingerprint density at radius 1 is 1.23 bits per heavy atom. The second-order valence-electron chi connectivity index (χ2n) is 7.91. The van der Waals surface area contributed by atoms with Gasteiger partial charge < -0.3 is 15.4 Å². The molecular weight excluding hydrogens is 278 g/mol. The molecule has 1 aliphatic carbocycles. The highest BCUT2D eigenvalue weighted by Gasteiger charge is 2.45. The van der Waals surface area contributed by atoms with E-state index in [0.29, 0.717) is 0 Å². The predicted molar refractivity (Wildman–Crippen MR) is 85.2 cm³/mol. The first-order valence-corrected chi connectivity index (χ1v) is 8.34. The lowest BCUT2D eigenvalue weighted by Crippen LogP contribution is -2.53. The van der Waals surface area contributed by atoms with Gasteiger partial charge in [0.25, 0.3) is 0 Å². The number of hydrogen-bond acceptors (Lipinski definition) is 4. The first-order chi connectivity index (χ1) is 10.2. The lowest BCUT2D eigenvalue weighted by Gasteiger charge is -2.32. The normalized spacial score (nSPS) is 28.8. The zero-order chi connectivity index (χ0) is 16.4. The average Bonchev–Trinajstić information content (AvgIpc) is 2.65. The third-order valence-corrected chi connectivity index (χ3v) is 4.88. The van der Waals surface area contributed by atoms with Gasteiger partial charge >= 0.3 is 0 Å². The van der Waals surface area contributed by atoms with Crippen LogP contribution in [0.3, 0.4) is 0 Å². The summed E-state index contributed by atoms with van der Waals surface area (Å²) in [5, 5.41) is 15.7. The summed E-state index contributed by atoms with van der Waals surface area (Å²) in [6.45, 7) is 8.48. The summed E-state index contributed by atoms with van der Waals surface area (Å²) < 4.78 is 6.03. The first kappa shape index (κ1) is 17.2. The maximum absolute atomic E-state index is 12.2. The molecule has 0 radical (unpaired) electrons. The number of amides is 1. The third-order valence-electron chi connectivity index (χ3n) is 4.88. The summed E-state index contributed by atoms with van der Waals surface area (Å²) in [6.07, 6.45) is 5.58. The summed E-state index contributed by atoms with van der Waals surface area (Å²) in [7, 11) is 0. The highest BCUT2D eigenvalue weighted by atomic mass is 16.5. The van der Waals surface area contributed by atoms with Crippen molar-refractivity contribution in [1.82, 2.24) is 10.6 Å². The summed E-state index contributed by atoms with van der Waals surface area (Å²) in [5.74, 6) is -0.0936. The molecule has 0 aromatic rings. The van der Waals surface area contributed by atoms with Crippen LogP contribution < -0.4 is 10.6 Å². The lowest BCUT2D eigenvalue weighted by molar-refractivity contribution is -0.122. The number of nitriles is 1. The van der Waals surface area contributed by atoms with Crippen molar-refractivity contribution in [3.05, 3.63) is 0 Å². The maximum atomic E-state index is 12.2. The highest BCUT2D eigenvalue weighted by Crippen LogP contribution is 2.37. The number of ether oxygens (including phenoxy) is 1. The molecule has 0 spiro atoms. The second-order valence-corrected chi connectivity index (χ2v) is 7.91. The largest absolute Gasteiger partial charge is 0.368 e. The van der Waals surface area contributed by atoms with Crippen molar-refractivity contribution in [3.8, 4) is 6.07 Å². The summed E-state index contributed by atoms with van der Waals surface area (Å²) in [4.78, 5) is 12.2. The molecular formula is C17H29N3O2. The molecule has 5 nitrogen and oxygen atoms in total. The van der Waals surface area contributed by atoms with Gasteiger partial charge in [-0.25, -0.2) is 0 Å². The van der Waals surface area contributed by atoms with Crippen LogP contribution in [0.4, 0.5) is 0 Å². The molecule has 22 heavy (non-hydrogen) atoms. The fraction of sp³-hybridized carbons (Fsp3) is 0.882. The van der Waals surface area contributed by atoms with Crippen molar-refractivity contribution in [2.24, 2.45) is 0 Å². The fourth-order valence-corrected chi connectivity index (χ4v) is 3.83. The molecule has 1 heterocycles. The minimum atomic E-state index is -0.655. The lowest BCUT2D eigenvalue weighted by atomic mass is 9.83. The van der Waals surface area contributed by atoms with E-state index >= 15 is 0 Å². The van der Waals surface area contributed by atoms with Crippen LogP contribution >= 0.6 is 0 Å². The van der Waals surface area contributed by atoms with Crippen molar-refractivity contribution >= 4 is 5.91 Å². The molecule has 0 aromatic carbocycles. The van der Waals surface area contributed by atoms with Gasteiger partial charge in [-0.15, -0.1) is 0 Å². The quantitative estimate of drug-likeness (QED) is 0.835. The molecule has 0 unspecified atom stereocenters. The molecule has 5 heteroatoms. The van der Waals surface area contributed by atoms with Crippen LogP contribution in [0.2, 0.25) is 0 Å². The van der Waals surface area contributed by atoms with E-state index < -0.39 is 5.54 Å². The van der Waals surface area contributed by atoms with Gasteiger partial charge in [0, 0.05) is 6.04 Å². The van der Waals surface area contributed by atoms with Crippen LogP contribution in [0.15, 0.2) is 0 Å². The molecule has 1 aliphatic heterocycles. The van der Waals surface area contributed by atoms with E-state index in [1.54, 1.807) is 0 Å². The van der Waals surface area contributed by atoms with Gasteiger partial charge in [-0.2, -0.15) is 5.26 Å². The van der Waals surface area contributed by atoms with Gasteiger partial charge in [0.15, 0.2) is 0 Å². The SMILES string of the molecule is CC1(C)C[C@@H](NCC(=O)NC2(C#N)CCCCC2)C(C)(C)O1. The van der Waals surface area contributed by atoms with Crippen molar-refractivity contribution in [3.63, 3.8) is 0 Å². The van der Waals surface area contributed by atoms with E-state index in [-0.39, 0.29) is 29.7 Å². The maximum Gasteiger partial charge on any atom is 0.235 e. The smallest absolute Gasteiger partial charge is 0.235 e. The van der Waals surface area contributed by atoms with E-state index in [0.717, 1.165) is 38.5 Å². The van der Waals surface area contributed by atoms with Crippen molar-refractivity contribution < 1.29 is 9.53 Å². The third kappa shape index (κ3) is 3.99. The van der Waals surface area contributed by atoms with Gasteiger partial charge in [0.2, 0.25) is 5.91 Å². The molecule has 1 amide bonds. The van der Waals surface area contributed by atoms with Gasteiger partial charge in [-0.3, -0.25) is 4.79 Å². The predicted octanol–water partition coefficient (Wildman–Crippen LogP) is 2.26. The molecule has 2 aliphatic rings. The minimum Gasteiger partial charge on any atom is -0.368 e. The molecule has 2 N–H and O–H groups in total. The number of carbonyl (C=O) groups excluding carboxylic acids is 1. The van der Waals surface area contributed by atoms with E-state index in [9.17, 15) is 10.1 Å². The van der Waals surface area contributed by atoms with Crippen LogP contribution in [-0.4, -0.2) is 35.2 Å². The van der Waals surface area contributed by atoms with Crippen LogP contribution in [0.5, 0.6) is 0 Å². The zero-order valence-corrected chi connectivity index (χ0v) is 14.3. The van der Waals surface area contributed by atoms with E-state index in [2.05, 4.69) is 44.4 Å². The molecule has 2 rings (SSSR count). The number of nitrogens with zero attached hydrogens (tertiary/aromatic N) is 1. The average molecular weight is 307 g/mol. The molecule has 124 valence electrons. The van der Waals surface area contributed by atoms with Crippen molar-refractivity contribution in [1.29, 1.82) is 5.26 Å². The van der Waals surface area contributed by atoms with E-state index in [1.165, 1.54) is 0 Å². The Balaban J connectivity index is 1.87. The molecule has 0 bridgehead atoms. The Kier molecular flexibility index (Phi) is 4.84. The van der Waals surface area contributed by atoms with Crippen LogP contribution in [0.25, 0.3) is 0 Å². The Hall–Kier alpha value is -1.12. The monoisotopic (exact) mass is 307 g/mol. The van der Waals surface area contributed by atoms with Gasteiger partial charge in [0.05, 0.1) is 23.8 Å². The van der Waals surface area contributed by atoms with Crippen LogP contribution in [0.1, 0.15) is 66.2 Å². The zero-order valence-electron chi connectivity index (χ0n) is 14.3. The van der Waals surface area contributed by atoms with Crippen LogP contribution in [0, 0.1) is 11.3 Å². The van der Waals surface area contributed by atoms with Gasteiger partial charge in [-0.05, 0) is 47.0 Å². The number of rotatable bonds is 4. The highest BCUT2D eigenvalue weighted by molar-refractivity contribution is 5.79. The number of carbonyl (C=O) groups is 1. The standard InChI is InChI=1S/C17H29N3O2/c1-15(2)10-13(16(3,4)22-15)19-11-14(21)20-17(12-18)8-6-5-7-9-17/h13,19H,5-11H2,1-4H3,(H,20,21)/t13-/m1/s1. The first-order valence-electron chi connectivity index (χ1n) is 8.34. The number of hydrogen-bond donors (Lipinski definition) is 2. The second kappa shape index (κ2) is 6.17. The molecule has 1 saturated carbocycles.